The summed E-state index contributed by atoms with van der Waals surface area (Å²) in [6.45, 7) is 1.03. The van der Waals surface area contributed by atoms with E-state index in [0.29, 0.717) is 0 Å². The van der Waals surface area contributed by atoms with Crippen molar-refractivity contribution in [2.45, 2.75) is 37.0 Å². The summed E-state index contributed by atoms with van der Waals surface area (Å²) in [4.78, 5) is 1.24. The zero-order chi connectivity index (χ0) is 17.3. The van der Waals surface area contributed by atoms with Crippen molar-refractivity contribution in [1.29, 1.82) is 0 Å². The van der Waals surface area contributed by atoms with Crippen LogP contribution < -0.4 is 4.72 Å². The smallest absolute Gasteiger partial charge is 0.0484 e. The van der Waals surface area contributed by atoms with Crippen molar-refractivity contribution in [2.24, 2.45) is 0 Å². The van der Waals surface area contributed by atoms with Gasteiger partial charge in [-0.05, 0) is 54.3 Å². The van der Waals surface area contributed by atoms with Gasteiger partial charge in [0.15, 0.2) is 0 Å². The summed E-state index contributed by atoms with van der Waals surface area (Å²) < 4.78 is 3.50. The molecule has 0 aliphatic carbocycles. The Morgan fingerprint density at radius 3 is 2.36 bits per heavy atom. The minimum Gasteiger partial charge on any atom is -0.260 e. The highest BCUT2D eigenvalue weighted by Gasteiger charge is 2.03. The van der Waals surface area contributed by atoms with Crippen molar-refractivity contribution in [2.75, 3.05) is 6.54 Å². The van der Waals surface area contributed by atoms with Crippen molar-refractivity contribution < 1.29 is 0 Å². The molecule has 0 bridgehead atoms. The molecule has 25 heavy (non-hydrogen) atoms. The van der Waals surface area contributed by atoms with Crippen LogP contribution in [0.1, 0.15) is 31.2 Å². The van der Waals surface area contributed by atoms with Crippen LogP contribution in [0.15, 0.2) is 71.6 Å². The third-order valence-electron chi connectivity index (χ3n) is 4.35. The van der Waals surface area contributed by atoms with Crippen LogP contribution in [0, 0.1) is 0 Å². The van der Waals surface area contributed by atoms with Gasteiger partial charge in [-0.15, -0.1) is 0 Å². The topological polar surface area (TPSA) is 12.0 Å². The first-order valence-corrected chi connectivity index (χ1v) is 10.1. The number of hydrogen-bond donors (Lipinski definition) is 1. The van der Waals surface area contributed by atoms with Crippen LogP contribution in [0.3, 0.4) is 0 Å². The van der Waals surface area contributed by atoms with Gasteiger partial charge in [0.05, 0.1) is 0 Å². The lowest BCUT2D eigenvalue weighted by Crippen LogP contribution is -2.05. The molecule has 0 atom stereocenters. The van der Waals surface area contributed by atoms with Crippen LogP contribution in [0.5, 0.6) is 0 Å². The van der Waals surface area contributed by atoms with Gasteiger partial charge in [-0.25, -0.2) is 0 Å². The van der Waals surface area contributed by atoms with Gasteiger partial charge in [0.1, 0.15) is 0 Å². The molecule has 0 aromatic heterocycles. The van der Waals surface area contributed by atoms with Crippen molar-refractivity contribution in [3.63, 3.8) is 0 Å². The minimum atomic E-state index is 0.818. The molecular formula is C22H24ClNS. The Morgan fingerprint density at radius 2 is 1.48 bits per heavy atom. The zero-order valence-electron chi connectivity index (χ0n) is 14.4. The Morgan fingerprint density at radius 1 is 0.720 bits per heavy atom. The molecule has 3 aromatic carbocycles. The zero-order valence-corrected chi connectivity index (χ0v) is 16.0. The minimum absolute atomic E-state index is 0.818. The number of benzene rings is 3. The molecule has 0 spiro atoms. The number of aryl methyl sites for hydroxylation is 1. The fourth-order valence-electron chi connectivity index (χ4n) is 2.99. The maximum absolute atomic E-state index is 6.28. The molecule has 3 rings (SSSR count). The maximum atomic E-state index is 6.28. The third-order valence-corrected chi connectivity index (χ3v) is 5.60. The lowest BCUT2D eigenvalue weighted by Gasteiger charge is -2.08. The number of rotatable bonds is 9. The third kappa shape index (κ3) is 5.50. The Labute approximate surface area is 159 Å². The van der Waals surface area contributed by atoms with E-state index >= 15 is 0 Å². The van der Waals surface area contributed by atoms with Gasteiger partial charge in [0.2, 0.25) is 0 Å². The van der Waals surface area contributed by atoms with Crippen molar-refractivity contribution in [3.8, 4) is 0 Å². The lowest BCUT2D eigenvalue weighted by atomic mass is 10.1. The Kier molecular flexibility index (Phi) is 7.22. The van der Waals surface area contributed by atoms with E-state index in [4.69, 9.17) is 11.6 Å². The number of fused-ring (bicyclic) bond motifs is 1. The molecule has 0 fully saturated rings. The molecule has 3 heteroatoms. The molecule has 0 heterocycles. The summed E-state index contributed by atoms with van der Waals surface area (Å²) in [5.74, 6) is 0. The second-order valence-corrected chi connectivity index (χ2v) is 7.58. The fourth-order valence-corrected chi connectivity index (χ4v) is 4.06. The molecule has 0 saturated carbocycles. The average Bonchev–Trinajstić information content (AvgIpc) is 2.65. The fraction of sp³-hybridized carbons (Fsp3) is 0.273. The maximum Gasteiger partial charge on any atom is 0.0484 e. The molecule has 1 N–H and O–H groups in total. The summed E-state index contributed by atoms with van der Waals surface area (Å²) in [5, 5.41) is 3.16. The summed E-state index contributed by atoms with van der Waals surface area (Å²) in [6.07, 6.45) is 6.26. The van der Waals surface area contributed by atoms with Gasteiger partial charge in [-0.1, -0.05) is 79.0 Å². The van der Waals surface area contributed by atoms with E-state index in [1.54, 1.807) is 11.9 Å². The molecule has 0 aliphatic rings. The first kappa shape index (κ1) is 18.3. The second kappa shape index (κ2) is 9.86. The van der Waals surface area contributed by atoms with Gasteiger partial charge >= 0.3 is 0 Å². The van der Waals surface area contributed by atoms with E-state index in [2.05, 4.69) is 59.3 Å². The molecule has 0 amide bonds. The Bertz CT molecular complexity index is 788. The average molecular weight is 370 g/mol. The van der Waals surface area contributed by atoms with E-state index in [1.807, 2.05) is 12.1 Å². The van der Waals surface area contributed by atoms with Crippen LogP contribution in [0.4, 0.5) is 0 Å². The quantitative estimate of drug-likeness (QED) is 0.325. The number of nitrogens with one attached hydrogen (secondary N) is 1. The van der Waals surface area contributed by atoms with E-state index in [9.17, 15) is 0 Å². The predicted molar refractivity (Wildman–Crippen MR) is 111 cm³/mol. The monoisotopic (exact) mass is 369 g/mol. The summed E-state index contributed by atoms with van der Waals surface area (Å²) in [7, 11) is 0. The molecule has 0 unspecified atom stereocenters. The van der Waals surface area contributed by atoms with E-state index in [0.717, 1.165) is 17.0 Å². The molecule has 0 saturated heterocycles. The van der Waals surface area contributed by atoms with Crippen LogP contribution in [0.2, 0.25) is 5.02 Å². The predicted octanol–water partition coefficient (Wildman–Crippen LogP) is 6.89. The van der Waals surface area contributed by atoms with Crippen LogP contribution in [-0.2, 0) is 6.42 Å². The van der Waals surface area contributed by atoms with Gasteiger partial charge < -0.3 is 0 Å². The summed E-state index contributed by atoms with van der Waals surface area (Å²) >= 11 is 7.99. The highest BCUT2D eigenvalue weighted by molar-refractivity contribution is 7.97. The van der Waals surface area contributed by atoms with Crippen LogP contribution in [0.25, 0.3) is 10.8 Å². The highest BCUT2D eigenvalue weighted by atomic mass is 35.5. The van der Waals surface area contributed by atoms with E-state index in [1.165, 1.54) is 47.9 Å². The highest BCUT2D eigenvalue weighted by Crippen LogP contribution is 2.30. The second-order valence-electron chi connectivity index (χ2n) is 6.24. The largest absolute Gasteiger partial charge is 0.260 e. The summed E-state index contributed by atoms with van der Waals surface area (Å²) in [6, 6.07) is 23.2. The van der Waals surface area contributed by atoms with Gasteiger partial charge in [0, 0.05) is 21.8 Å². The number of halogens is 1. The SMILES string of the molecule is Clc1cccc2c(SNCCCCCCc3ccccc3)cccc12. The Hall–Kier alpha value is -1.48. The van der Waals surface area contributed by atoms with Gasteiger partial charge in [-0.3, -0.25) is 4.72 Å². The lowest BCUT2D eigenvalue weighted by molar-refractivity contribution is 0.638. The van der Waals surface area contributed by atoms with Crippen molar-refractivity contribution >= 4 is 34.3 Å². The van der Waals surface area contributed by atoms with E-state index in [-0.39, 0.29) is 0 Å². The first-order chi connectivity index (χ1) is 12.3. The molecule has 0 radical (unpaired) electrons. The standard InChI is InChI=1S/C22H24ClNS/c23-21-15-8-14-20-19(21)13-9-16-22(20)25-24-17-7-2-1-4-10-18-11-5-3-6-12-18/h3,5-6,8-9,11-16,24H,1-2,4,7,10,17H2. The molecule has 130 valence electrons. The van der Waals surface area contributed by atoms with Gasteiger partial charge in [-0.2, -0.15) is 0 Å². The first-order valence-electron chi connectivity index (χ1n) is 8.95. The number of unbranched alkanes of at least 4 members (excludes halogenated alkanes) is 3. The van der Waals surface area contributed by atoms with E-state index < -0.39 is 0 Å². The molecular weight excluding hydrogens is 346 g/mol. The summed E-state index contributed by atoms with van der Waals surface area (Å²) in [5.41, 5.74) is 1.45. The van der Waals surface area contributed by atoms with Gasteiger partial charge in [0.25, 0.3) is 0 Å². The van der Waals surface area contributed by atoms with Crippen molar-refractivity contribution in [3.05, 3.63) is 77.3 Å². The van der Waals surface area contributed by atoms with Crippen LogP contribution >= 0.6 is 23.5 Å². The normalized spacial score (nSPS) is 11.1. The Balaban J connectivity index is 1.35. The van der Waals surface area contributed by atoms with Crippen molar-refractivity contribution in [1.82, 2.24) is 4.72 Å². The molecule has 1 nitrogen and oxygen atoms in total. The number of hydrogen-bond acceptors (Lipinski definition) is 2. The van der Waals surface area contributed by atoms with Crippen LogP contribution in [-0.4, -0.2) is 6.54 Å². The molecule has 0 aliphatic heterocycles. The molecule has 3 aromatic rings.